The van der Waals surface area contributed by atoms with Crippen molar-refractivity contribution in [2.45, 2.75) is 25.2 Å². The zero-order chi connectivity index (χ0) is 13.9. The Labute approximate surface area is 108 Å². The lowest BCUT2D eigenvalue weighted by atomic mass is 10.0. The molecule has 0 aliphatic heterocycles. The third-order valence-corrected chi connectivity index (χ3v) is 2.74. The highest BCUT2D eigenvalue weighted by atomic mass is 19.4. The van der Waals surface area contributed by atoms with Crippen molar-refractivity contribution in [1.29, 1.82) is 0 Å². The molecule has 1 aromatic carbocycles. The number of alkyl halides is 3. The first-order valence-corrected chi connectivity index (χ1v) is 5.77. The van der Waals surface area contributed by atoms with Crippen LogP contribution < -0.4 is 0 Å². The highest BCUT2D eigenvalue weighted by Crippen LogP contribution is 2.32. The van der Waals surface area contributed by atoms with Gasteiger partial charge in [-0.1, -0.05) is 18.2 Å². The molecule has 0 bridgehead atoms. The Morgan fingerprint density at radius 2 is 1.95 bits per heavy atom. The minimum absolute atomic E-state index is 0.0600. The molecule has 1 unspecified atom stereocenters. The van der Waals surface area contributed by atoms with E-state index >= 15 is 0 Å². The SMILES string of the molecule is OC(Cc1ccccc1C(F)(F)F)Cn1cccn1. The normalized spacial score (nSPS) is 13.5. The Hall–Kier alpha value is -1.82. The van der Waals surface area contributed by atoms with E-state index in [4.69, 9.17) is 0 Å². The van der Waals surface area contributed by atoms with Gasteiger partial charge >= 0.3 is 6.18 Å². The first-order chi connectivity index (χ1) is 8.97. The summed E-state index contributed by atoms with van der Waals surface area (Å²) in [5.74, 6) is 0. The van der Waals surface area contributed by atoms with Crippen molar-refractivity contribution < 1.29 is 18.3 Å². The van der Waals surface area contributed by atoms with Crippen LogP contribution in [0.4, 0.5) is 13.2 Å². The molecule has 1 atom stereocenters. The number of rotatable bonds is 4. The summed E-state index contributed by atoms with van der Waals surface area (Å²) in [4.78, 5) is 0. The average molecular weight is 270 g/mol. The van der Waals surface area contributed by atoms with Gasteiger partial charge in [0, 0.05) is 18.8 Å². The molecule has 0 amide bonds. The Kier molecular flexibility index (Phi) is 3.90. The van der Waals surface area contributed by atoms with Gasteiger partial charge in [0.05, 0.1) is 18.2 Å². The minimum Gasteiger partial charge on any atom is -0.391 e. The molecular formula is C13H13F3N2O. The van der Waals surface area contributed by atoms with E-state index in [1.54, 1.807) is 18.5 Å². The van der Waals surface area contributed by atoms with Gasteiger partial charge in [0.2, 0.25) is 0 Å². The van der Waals surface area contributed by atoms with Gasteiger partial charge in [-0.05, 0) is 17.7 Å². The van der Waals surface area contributed by atoms with Gasteiger partial charge < -0.3 is 5.11 Å². The standard InChI is InChI=1S/C13H13F3N2O/c14-13(15,16)12-5-2-1-4-10(12)8-11(19)9-18-7-3-6-17-18/h1-7,11,19H,8-9H2. The summed E-state index contributed by atoms with van der Waals surface area (Å²) >= 11 is 0. The van der Waals surface area contributed by atoms with Gasteiger partial charge in [-0.25, -0.2) is 0 Å². The van der Waals surface area contributed by atoms with E-state index in [1.165, 1.54) is 22.9 Å². The third kappa shape index (κ3) is 3.57. The molecule has 0 saturated heterocycles. The Morgan fingerprint density at radius 3 is 2.58 bits per heavy atom. The van der Waals surface area contributed by atoms with Crippen molar-refractivity contribution in [2.75, 3.05) is 0 Å². The fourth-order valence-electron chi connectivity index (χ4n) is 1.92. The molecule has 0 aliphatic carbocycles. The summed E-state index contributed by atoms with van der Waals surface area (Å²) in [5, 5.41) is 13.7. The van der Waals surface area contributed by atoms with Gasteiger partial charge in [-0.2, -0.15) is 18.3 Å². The van der Waals surface area contributed by atoms with Gasteiger partial charge in [0.15, 0.2) is 0 Å². The molecule has 1 aromatic heterocycles. The number of hydrogen-bond acceptors (Lipinski definition) is 2. The number of aliphatic hydroxyl groups is 1. The molecule has 0 fully saturated rings. The molecule has 0 spiro atoms. The quantitative estimate of drug-likeness (QED) is 0.927. The van der Waals surface area contributed by atoms with Crippen LogP contribution in [0.3, 0.4) is 0 Å². The van der Waals surface area contributed by atoms with Crippen LogP contribution in [0.2, 0.25) is 0 Å². The van der Waals surface area contributed by atoms with Gasteiger partial charge in [0.25, 0.3) is 0 Å². The van der Waals surface area contributed by atoms with Crippen LogP contribution in [0.5, 0.6) is 0 Å². The van der Waals surface area contributed by atoms with Crippen molar-refractivity contribution in [3.05, 3.63) is 53.9 Å². The predicted molar refractivity (Wildman–Crippen MR) is 63.4 cm³/mol. The predicted octanol–water partition coefficient (Wildman–Crippen LogP) is 2.51. The maximum atomic E-state index is 12.8. The molecule has 6 heteroatoms. The van der Waals surface area contributed by atoms with Gasteiger partial charge in [0.1, 0.15) is 0 Å². The molecule has 19 heavy (non-hydrogen) atoms. The molecule has 1 heterocycles. The number of aliphatic hydroxyl groups excluding tert-OH is 1. The highest BCUT2D eigenvalue weighted by molar-refractivity contribution is 5.30. The molecule has 1 N–H and O–H groups in total. The van der Waals surface area contributed by atoms with Crippen molar-refractivity contribution in [3.8, 4) is 0 Å². The lowest BCUT2D eigenvalue weighted by molar-refractivity contribution is -0.138. The molecule has 102 valence electrons. The second kappa shape index (κ2) is 5.44. The van der Waals surface area contributed by atoms with Crippen LogP contribution in [0.25, 0.3) is 0 Å². The Balaban J connectivity index is 2.10. The molecular weight excluding hydrogens is 257 g/mol. The van der Waals surface area contributed by atoms with Crippen LogP contribution >= 0.6 is 0 Å². The maximum absolute atomic E-state index is 12.8. The lowest BCUT2D eigenvalue weighted by Gasteiger charge is -2.15. The summed E-state index contributed by atoms with van der Waals surface area (Å²) in [6, 6.07) is 6.97. The van der Waals surface area contributed by atoms with Crippen molar-refractivity contribution >= 4 is 0 Å². The largest absolute Gasteiger partial charge is 0.416 e. The van der Waals surface area contributed by atoms with Crippen LogP contribution in [0, 0.1) is 0 Å². The van der Waals surface area contributed by atoms with Crippen molar-refractivity contribution in [1.82, 2.24) is 9.78 Å². The van der Waals surface area contributed by atoms with Gasteiger partial charge in [-0.15, -0.1) is 0 Å². The topological polar surface area (TPSA) is 38.0 Å². The molecule has 0 radical (unpaired) electrons. The zero-order valence-electron chi connectivity index (χ0n) is 10.0. The summed E-state index contributed by atoms with van der Waals surface area (Å²) in [5.41, 5.74) is -0.607. The number of benzene rings is 1. The molecule has 3 nitrogen and oxygen atoms in total. The lowest BCUT2D eigenvalue weighted by Crippen LogP contribution is -2.21. The molecule has 2 aromatic rings. The molecule has 2 rings (SSSR count). The number of nitrogens with zero attached hydrogens (tertiary/aromatic N) is 2. The fourth-order valence-corrected chi connectivity index (χ4v) is 1.92. The van der Waals surface area contributed by atoms with Gasteiger partial charge in [-0.3, -0.25) is 4.68 Å². The summed E-state index contributed by atoms with van der Waals surface area (Å²) < 4.78 is 39.8. The summed E-state index contributed by atoms with van der Waals surface area (Å²) in [7, 11) is 0. The first-order valence-electron chi connectivity index (χ1n) is 5.77. The summed E-state index contributed by atoms with van der Waals surface area (Å²) in [6.45, 7) is 0.166. The van der Waals surface area contributed by atoms with E-state index < -0.39 is 17.8 Å². The number of halogens is 3. The van der Waals surface area contributed by atoms with Crippen molar-refractivity contribution in [3.63, 3.8) is 0 Å². The Morgan fingerprint density at radius 1 is 1.21 bits per heavy atom. The van der Waals surface area contributed by atoms with Crippen molar-refractivity contribution in [2.24, 2.45) is 0 Å². The zero-order valence-corrected chi connectivity index (χ0v) is 10.0. The third-order valence-electron chi connectivity index (χ3n) is 2.74. The van der Waals surface area contributed by atoms with E-state index in [9.17, 15) is 18.3 Å². The average Bonchev–Trinajstić information content (AvgIpc) is 2.81. The second-order valence-electron chi connectivity index (χ2n) is 4.24. The van der Waals surface area contributed by atoms with Crippen LogP contribution in [-0.4, -0.2) is 21.0 Å². The smallest absolute Gasteiger partial charge is 0.391 e. The van der Waals surface area contributed by atoms with E-state index in [0.29, 0.717) is 0 Å². The molecule has 0 aliphatic rings. The Bertz CT molecular complexity index is 523. The number of hydrogen-bond donors (Lipinski definition) is 1. The van der Waals surface area contributed by atoms with E-state index in [1.807, 2.05) is 0 Å². The summed E-state index contributed by atoms with van der Waals surface area (Å²) in [6.07, 6.45) is -2.17. The van der Waals surface area contributed by atoms with E-state index in [-0.39, 0.29) is 18.5 Å². The van der Waals surface area contributed by atoms with E-state index in [2.05, 4.69) is 5.10 Å². The second-order valence-corrected chi connectivity index (χ2v) is 4.24. The van der Waals surface area contributed by atoms with E-state index in [0.717, 1.165) is 6.07 Å². The highest BCUT2D eigenvalue weighted by Gasteiger charge is 2.33. The van der Waals surface area contributed by atoms with Crippen LogP contribution in [0.15, 0.2) is 42.7 Å². The monoisotopic (exact) mass is 270 g/mol. The van der Waals surface area contributed by atoms with Crippen LogP contribution in [-0.2, 0) is 19.1 Å². The number of aromatic nitrogens is 2. The fraction of sp³-hybridized carbons (Fsp3) is 0.308. The first kappa shape index (κ1) is 13.6. The minimum atomic E-state index is -4.40. The van der Waals surface area contributed by atoms with Crippen LogP contribution in [0.1, 0.15) is 11.1 Å². The maximum Gasteiger partial charge on any atom is 0.416 e. The molecule has 0 saturated carbocycles.